The van der Waals surface area contributed by atoms with Gasteiger partial charge in [0.05, 0.1) is 11.5 Å². The van der Waals surface area contributed by atoms with Crippen molar-refractivity contribution >= 4 is 0 Å². The molecule has 0 aromatic carbocycles. The maximum Gasteiger partial charge on any atom is 0.0690 e. The third-order valence-electron chi connectivity index (χ3n) is 3.40. The number of hydrogen-bond donors (Lipinski definition) is 0. The second-order valence-corrected chi connectivity index (χ2v) is 4.96. The largest absolute Gasteiger partial charge is 0.381 e. The fourth-order valence-electron chi connectivity index (χ4n) is 2.56. The summed E-state index contributed by atoms with van der Waals surface area (Å²) in [5.74, 6) is 0.713. The third-order valence-corrected chi connectivity index (χ3v) is 3.40. The molecule has 2 unspecified atom stereocenters. The summed E-state index contributed by atoms with van der Waals surface area (Å²) in [4.78, 5) is 0. The maximum absolute atomic E-state index is 9.31. The van der Waals surface area contributed by atoms with E-state index in [-0.39, 0.29) is 5.41 Å². The van der Waals surface area contributed by atoms with Crippen molar-refractivity contribution in [2.45, 2.75) is 52.4 Å². The summed E-state index contributed by atoms with van der Waals surface area (Å²) in [6, 6.07) is 2.54. The minimum atomic E-state index is -0.0780. The summed E-state index contributed by atoms with van der Waals surface area (Å²) in [5, 5.41) is 9.31. The lowest BCUT2D eigenvalue weighted by Gasteiger charge is -2.34. The van der Waals surface area contributed by atoms with E-state index >= 15 is 0 Å². The lowest BCUT2D eigenvalue weighted by atomic mass is 9.69. The molecular formula is C13H23NO. The molecule has 2 nitrogen and oxygen atoms in total. The fraction of sp³-hybridized carbons (Fsp3) is 0.923. The number of nitrogens with zero attached hydrogens (tertiary/aromatic N) is 1. The highest BCUT2D eigenvalue weighted by atomic mass is 16.5. The molecule has 0 aliphatic heterocycles. The van der Waals surface area contributed by atoms with Crippen molar-refractivity contribution in [3.63, 3.8) is 0 Å². The quantitative estimate of drug-likeness (QED) is 0.649. The van der Waals surface area contributed by atoms with Crippen LogP contribution in [-0.2, 0) is 4.74 Å². The first-order valence-corrected chi connectivity index (χ1v) is 6.21. The maximum atomic E-state index is 9.31. The van der Waals surface area contributed by atoms with Crippen molar-refractivity contribution in [2.24, 2.45) is 11.3 Å². The summed E-state index contributed by atoms with van der Waals surface area (Å²) >= 11 is 0. The average molecular weight is 209 g/mol. The van der Waals surface area contributed by atoms with E-state index in [9.17, 15) is 5.26 Å². The highest BCUT2D eigenvalue weighted by molar-refractivity contribution is 5.01. The molecule has 2 heteroatoms. The van der Waals surface area contributed by atoms with Crippen molar-refractivity contribution in [2.75, 3.05) is 13.2 Å². The van der Waals surface area contributed by atoms with Gasteiger partial charge in [0, 0.05) is 13.2 Å². The average Bonchev–Trinajstić information content (AvgIpc) is 2.25. The SMILES string of the molecule is CCCOCCC1(C#N)CCCC(C)C1. The van der Waals surface area contributed by atoms with Gasteiger partial charge in [-0.05, 0) is 31.6 Å². The minimum Gasteiger partial charge on any atom is -0.381 e. The van der Waals surface area contributed by atoms with Gasteiger partial charge in [-0.25, -0.2) is 0 Å². The molecule has 0 heterocycles. The Kier molecular flexibility index (Phi) is 5.11. The Morgan fingerprint density at radius 2 is 2.27 bits per heavy atom. The van der Waals surface area contributed by atoms with Gasteiger partial charge in [0.1, 0.15) is 0 Å². The van der Waals surface area contributed by atoms with Crippen LogP contribution in [0.25, 0.3) is 0 Å². The Morgan fingerprint density at radius 3 is 2.87 bits per heavy atom. The Bertz CT molecular complexity index is 221. The van der Waals surface area contributed by atoms with Crippen LogP contribution in [0.2, 0.25) is 0 Å². The normalized spacial score (nSPS) is 31.1. The van der Waals surface area contributed by atoms with Gasteiger partial charge in [-0.3, -0.25) is 0 Å². The smallest absolute Gasteiger partial charge is 0.0690 e. The van der Waals surface area contributed by atoms with Gasteiger partial charge in [-0.1, -0.05) is 26.7 Å². The Hall–Kier alpha value is -0.550. The van der Waals surface area contributed by atoms with E-state index < -0.39 is 0 Å². The number of nitriles is 1. The Morgan fingerprint density at radius 1 is 1.47 bits per heavy atom. The van der Waals surface area contributed by atoms with E-state index in [0.717, 1.165) is 38.9 Å². The van der Waals surface area contributed by atoms with Crippen molar-refractivity contribution in [3.05, 3.63) is 0 Å². The second kappa shape index (κ2) is 6.12. The monoisotopic (exact) mass is 209 g/mol. The van der Waals surface area contributed by atoms with Gasteiger partial charge in [-0.15, -0.1) is 0 Å². The standard InChI is InChI=1S/C13H23NO/c1-3-8-15-9-7-13(11-14)6-4-5-12(2)10-13/h12H,3-10H2,1-2H3. The first-order valence-electron chi connectivity index (χ1n) is 6.21. The molecule has 1 aliphatic rings. The van der Waals surface area contributed by atoms with E-state index in [1.807, 2.05) is 0 Å². The lowest BCUT2D eigenvalue weighted by Crippen LogP contribution is -2.27. The zero-order chi connectivity index (χ0) is 11.1. The van der Waals surface area contributed by atoms with Crippen LogP contribution in [-0.4, -0.2) is 13.2 Å². The summed E-state index contributed by atoms with van der Waals surface area (Å²) in [5.41, 5.74) is -0.0780. The first kappa shape index (κ1) is 12.5. The van der Waals surface area contributed by atoms with Crippen LogP contribution in [0.3, 0.4) is 0 Å². The molecule has 0 radical (unpaired) electrons. The predicted octanol–water partition coefficient (Wildman–Crippen LogP) is 3.52. The zero-order valence-electron chi connectivity index (χ0n) is 10.1. The van der Waals surface area contributed by atoms with E-state index in [1.165, 1.54) is 12.8 Å². The molecule has 0 amide bonds. The van der Waals surface area contributed by atoms with Gasteiger partial charge < -0.3 is 4.74 Å². The van der Waals surface area contributed by atoms with Crippen molar-refractivity contribution in [3.8, 4) is 6.07 Å². The Labute approximate surface area is 93.6 Å². The van der Waals surface area contributed by atoms with Crippen molar-refractivity contribution in [1.82, 2.24) is 0 Å². The molecular weight excluding hydrogens is 186 g/mol. The molecule has 0 spiro atoms. The number of rotatable bonds is 5. The summed E-state index contributed by atoms with van der Waals surface area (Å²) in [7, 11) is 0. The summed E-state index contributed by atoms with van der Waals surface area (Å²) in [6.45, 7) is 5.96. The van der Waals surface area contributed by atoms with Crippen LogP contribution < -0.4 is 0 Å². The van der Waals surface area contributed by atoms with Crippen molar-refractivity contribution in [1.29, 1.82) is 5.26 Å². The van der Waals surface area contributed by atoms with Gasteiger partial charge >= 0.3 is 0 Å². The molecule has 0 aromatic rings. The number of ether oxygens (including phenoxy) is 1. The molecule has 86 valence electrons. The molecule has 0 aromatic heterocycles. The molecule has 0 N–H and O–H groups in total. The molecule has 0 bridgehead atoms. The molecule has 15 heavy (non-hydrogen) atoms. The van der Waals surface area contributed by atoms with Crippen LogP contribution in [0.15, 0.2) is 0 Å². The van der Waals surface area contributed by atoms with Crippen molar-refractivity contribution < 1.29 is 4.74 Å². The minimum absolute atomic E-state index is 0.0780. The van der Waals surface area contributed by atoms with E-state index in [1.54, 1.807) is 0 Å². The van der Waals surface area contributed by atoms with E-state index in [4.69, 9.17) is 4.74 Å². The second-order valence-electron chi connectivity index (χ2n) is 4.96. The van der Waals surface area contributed by atoms with Crippen LogP contribution in [0.5, 0.6) is 0 Å². The number of hydrogen-bond acceptors (Lipinski definition) is 2. The molecule has 1 fully saturated rings. The van der Waals surface area contributed by atoms with Crippen LogP contribution in [0.4, 0.5) is 0 Å². The lowest BCUT2D eigenvalue weighted by molar-refractivity contribution is 0.0884. The van der Waals surface area contributed by atoms with Gasteiger partial charge in [-0.2, -0.15) is 5.26 Å². The fourth-order valence-corrected chi connectivity index (χ4v) is 2.56. The van der Waals surface area contributed by atoms with Crippen LogP contribution in [0, 0.1) is 22.7 Å². The highest BCUT2D eigenvalue weighted by Crippen LogP contribution is 2.41. The third kappa shape index (κ3) is 3.83. The topological polar surface area (TPSA) is 33.0 Å². The summed E-state index contributed by atoms with van der Waals surface area (Å²) in [6.07, 6.45) is 6.63. The van der Waals surface area contributed by atoms with Gasteiger partial charge in [0.2, 0.25) is 0 Å². The van der Waals surface area contributed by atoms with Crippen LogP contribution in [0.1, 0.15) is 52.4 Å². The molecule has 1 rings (SSSR count). The predicted molar refractivity (Wildman–Crippen MR) is 61.4 cm³/mol. The molecule has 1 aliphatic carbocycles. The van der Waals surface area contributed by atoms with Crippen LogP contribution >= 0.6 is 0 Å². The zero-order valence-corrected chi connectivity index (χ0v) is 10.1. The van der Waals surface area contributed by atoms with E-state index in [2.05, 4.69) is 19.9 Å². The Balaban J connectivity index is 2.36. The summed E-state index contributed by atoms with van der Waals surface area (Å²) < 4.78 is 5.50. The molecule has 2 atom stereocenters. The highest BCUT2D eigenvalue weighted by Gasteiger charge is 2.34. The molecule has 0 saturated heterocycles. The molecule has 1 saturated carbocycles. The first-order chi connectivity index (χ1) is 7.22. The van der Waals surface area contributed by atoms with E-state index in [0.29, 0.717) is 5.92 Å². The van der Waals surface area contributed by atoms with Gasteiger partial charge in [0.15, 0.2) is 0 Å². The van der Waals surface area contributed by atoms with Gasteiger partial charge in [0.25, 0.3) is 0 Å².